The van der Waals surface area contributed by atoms with Gasteiger partial charge in [0.15, 0.2) is 0 Å². The molecule has 1 unspecified atom stereocenters. The largest absolute Gasteiger partial charge is 0.506 e. The number of benzene rings is 1. The summed E-state index contributed by atoms with van der Waals surface area (Å²) < 4.78 is 1.45. The van der Waals surface area contributed by atoms with E-state index in [2.05, 4.69) is 31.9 Å². The van der Waals surface area contributed by atoms with Crippen LogP contribution in [0.25, 0.3) is 0 Å². The molecule has 1 rings (SSSR count). The zero-order valence-corrected chi connectivity index (χ0v) is 10.8. The molecule has 0 heterocycles. The number of hydrogen-bond donors (Lipinski definition) is 3. The van der Waals surface area contributed by atoms with Gasteiger partial charge < -0.3 is 15.9 Å². The van der Waals surface area contributed by atoms with Gasteiger partial charge in [-0.2, -0.15) is 0 Å². The van der Waals surface area contributed by atoms with Crippen LogP contribution in [0.3, 0.4) is 0 Å². The Morgan fingerprint density at radius 1 is 1.50 bits per heavy atom. The lowest BCUT2D eigenvalue weighted by molar-refractivity contribution is 0.265. The first-order valence-electron chi connectivity index (χ1n) is 4.03. The molecule has 78 valence electrons. The average molecular weight is 325 g/mol. The Bertz CT molecular complexity index is 355. The molecule has 3 nitrogen and oxygen atoms in total. The fourth-order valence-electron chi connectivity index (χ4n) is 1.10. The van der Waals surface area contributed by atoms with E-state index in [1.807, 2.05) is 6.92 Å². The summed E-state index contributed by atoms with van der Waals surface area (Å²) in [6.45, 7) is 1.66. The molecule has 1 aromatic rings. The highest BCUT2D eigenvalue weighted by atomic mass is 79.9. The zero-order valence-electron chi connectivity index (χ0n) is 7.59. The van der Waals surface area contributed by atoms with Gasteiger partial charge in [0.2, 0.25) is 0 Å². The van der Waals surface area contributed by atoms with Crippen molar-refractivity contribution in [2.75, 3.05) is 6.61 Å². The van der Waals surface area contributed by atoms with Gasteiger partial charge in [-0.05, 0) is 34.5 Å². The SMILES string of the molecule is Cc1c(Br)cc(C(N)CO)c(O)c1Br. The summed E-state index contributed by atoms with van der Waals surface area (Å²) in [5.74, 6) is 0.0900. The molecular weight excluding hydrogens is 314 g/mol. The number of aliphatic hydroxyl groups excluding tert-OH is 1. The number of phenolic OH excluding ortho intramolecular Hbond substituents is 1. The van der Waals surface area contributed by atoms with Gasteiger partial charge in [0.05, 0.1) is 17.1 Å². The second-order valence-electron chi connectivity index (χ2n) is 3.02. The van der Waals surface area contributed by atoms with Crippen molar-refractivity contribution in [3.05, 3.63) is 26.1 Å². The van der Waals surface area contributed by atoms with Gasteiger partial charge in [-0.15, -0.1) is 0 Å². The van der Waals surface area contributed by atoms with Crippen LogP contribution in [0.5, 0.6) is 5.75 Å². The molecule has 0 fully saturated rings. The van der Waals surface area contributed by atoms with Gasteiger partial charge in [-0.25, -0.2) is 0 Å². The summed E-state index contributed by atoms with van der Waals surface area (Å²) in [5, 5.41) is 18.6. The van der Waals surface area contributed by atoms with Crippen LogP contribution in [0.4, 0.5) is 0 Å². The van der Waals surface area contributed by atoms with E-state index in [0.29, 0.717) is 10.0 Å². The van der Waals surface area contributed by atoms with Crippen molar-refractivity contribution in [3.8, 4) is 5.75 Å². The third-order valence-corrected chi connectivity index (χ3v) is 3.84. The molecule has 0 spiro atoms. The molecule has 5 heteroatoms. The van der Waals surface area contributed by atoms with Crippen molar-refractivity contribution in [1.82, 2.24) is 0 Å². The molecule has 0 aromatic heterocycles. The predicted octanol–water partition coefficient (Wildman–Crippen LogP) is 2.22. The maximum atomic E-state index is 9.75. The fraction of sp³-hybridized carbons (Fsp3) is 0.333. The molecule has 1 aromatic carbocycles. The van der Waals surface area contributed by atoms with E-state index in [-0.39, 0.29) is 12.4 Å². The van der Waals surface area contributed by atoms with Crippen LogP contribution in [-0.4, -0.2) is 16.8 Å². The van der Waals surface area contributed by atoms with Crippen molar-refractivity contribution in [3.63, 3.8) is 0 Å². The second-order valence-corrected chi connectivity index (χ2v) is 4.67. The van der Waals surface area contributed by atoms with E-state index in [9.17, 15) is 5.11 Å². The Hall–Kier alpha value is -0.100. The molecule has 0 saturated heterocycles. The lowest BCUT2D eigenvalue weighted by Gasteiger charge is -2.14. The zero-order chi connectivity index (χ0) is 10.9. The van der Waals surface area contributed by atoms with Crippen molar-refractivity contribution >= 4 is 31.9 Å². The lowest BCUT2D eigenvalue weighted by atomic mass is 10.1. The highest BCUT2D eigenvalue weighted by Crippen LogP contribution is 2.37. The lowest BCUT2D eigenvalue weighted by Crippen LogP contribution is -2.15. The van der Waals surface area contributed by atoms with Crippen LogP contribution in [-0.2, 0) is 0 Å². The van der Waals surface area contributed by atoms with Crippen molar-refractivity contribution < 1.29 is 10.2 Å². The molecular formula is C9H11Br2NO2. The van der Waals surface area contributed by atoms with Gasteiger partial charge in [0.25, 0.3) is 0 Å². The van der Waals surface area contributed by atoms with E-state index in [4.69, 9.17) is 10.8 Å². The van der Waals surface area contributed by atoms with Crippen molar-refractivity contribution in [2.24, 2.45) is 5.73 Å². The van der Waals surface area contributed by atoms with Gasteiger partial charge in [0.1, 0.15) is 5.75 Å². The summed E-state index contributed by atoms with van der Waals surface area (Å²) in [5.41, 5.74) is 7.06. The smallest absolute Gasteiger partial charge is 0.134 e. The van der Waals surface area contributed by atoms with Gasteiger partial charge in [0, 0.05) is 10.0 Å². The van der Waals surface area contributed by atoms with Crippen LogP contribution in [0, 0.1) is 6.92 Å². The second kappa shape index (κ2) is 4.61. The summed E-state index contributed by atoms with van der Waals surface area (Å²) in [6.07, 6.45) is 0. The first-order valence-corrected chi connectivity index (χ1v) is 5.61. The normalized spacial score (nSPS) is 12.9. The van der Waals surface area contributed by atoms with E-state index in [1.165, 1.54) is 0 Å². The monoisotopic (exact) mass is 323 g/mol. The molecule has 0 aliphatic rings. The molecule has 1 atom stereocenters. The van der Waals surface area contributed by atoms with Gasteiger partial charge >= 0.3 is 0 Å². The molecule has 0 aliphatic carbocycles. The molecule has 0 radical (unpaired) electrons. The van der Waals surface area contributed by atoms with Gasteiger partial charge in [-0.1, -0.05) is 15.9 Å². The summed E-state index contributed by atoms with van der Waals surface area (Å²) in [4.78, 5) is 0. The van der Waals surface area contributed by atoms with E-state index >= 15 is 0 Å². The third kappa shape index (κ3) is 2.11. The number of phenols is 1. The highest BCUT2D eigenvalue weighted by molar-refractivity contribution is 9.11. The number of nitrogens with two attached hydrogens (primary N) is 1. The maximum Gasteiger partial charge on any atom is 0.134 e. The van der Waals surface area contributed by atoms with Crippen LogP contribution in [0.1, 0.15) is 17.2 Å². The molecule has 0 amide bonds. The number of hydrogen-bond acceptors (Lipinski definition) is 3. The topological polar surface area (TPSA) is 66.5 Å². The Morgan fingerprint density at radius 3 is 2.57 bits per heavy atom. The molecule has 0 saturated carbocycles. The number of aromatic hydroxyl groups is 1. The van der Waals surface area contributed by atoms with Crippen LogP contribution in [0.15, 0.2) is 15.0 Å². The Morgan fingerprint density at radius 2 is 2.07 bits per heavy atom. The average Bonchev–Trinajstić information content (AvgIpc) is 2.19. The summed E-state index contributed by atoms with van der Waals surface area (Å²) in [6, 6.07) is 1.15. The van der Waals surface area contributed by atoms with Gasteiger partial charge in [-0.3, -0.25) is 0 Å². The van der Waals surface area contributed by atoms with Crippen molar-refractivity contribution in [2.45, 2.75) is 13.0 Å². The fourth-order valence-corrected chi connectivity index (χ4v) is 2.26. The molecule has 0 bridgehead atoms. The maximum absolute atomic E-state index is 9.75. The number of rotatable bonds is 2. The minimum atomic E-state index is -0.566. The predicted molar refractivity (Wildman–Crippen MR) is 62.3 cm³/mol. The first kappa shape index (κ1) is 12.0. The molecule has 4 N–H and O–H groups in total. The van der Waals surface area contributed by atoms with Crippen LogP contribution < -0.4 is 5.73 Å². The summed E-state index contributed by atoms with van der Waals surface area (Å²) in [7, 11) is 0. The van der Waals surface area contributed by atoms with E-state index in [1.54, 1.807) is 6.07 Å². The third-order valence-electron chi connectivity index (χ3n) is 2.05. The quantitative estimate of drug-likeness (QED) is 0.781. The number of halogens is 2. The first-order chi connectivity index (χ1) is 6.49. The Kier molecular flexibility index (Phi) is 3.94. The standard InChI is InChI=1S/C9H11Br2NO2/c1-4-6(10)2-5(7(12)3-13)9(14)8(4)11/h2,7,13-14H,3,12H2,1H3. The van der Waals surface area contributed by atoms with Crippen LogP contribution >= 0.6 is 31.9 Å². The Balaban J connectivity index is 3.33. The highest BCUT2D eigenvalue weighted by Gasteiger charge is 2.16. The van der Waals surface area contributed by atoms with Crippen molar-refractivity contribution in [1.29, 1.82) is 0 Å². The van der Waals surface area contributed by atoms with Crippen LogP contribution in [0.2, 0.25) is 0 Å². The minimum Gasteiger partial charge on any atom is -0.506 e. The van der Waals surface area contributed by atoms with E-state index < -0.39 is 6.04 Å². The summed E-state index contributed by atoms with van der Waals surface area (Å²) >= 11 is 6.61. The van der Waals surface area contributed by atoms with E-state index in [0.717, 1.165) is 10.0 Å². The Labute approximate surface area is 99.2 Å². The molecule has 14 heavy (non-hydrogen) atoms. The molecule has 0 aliphatic heterocycles. The number of aliphatic hydroxyl groups is 1. The minimum absolute atomic E-state index is 0.0900.